The molecular formula is C9H14N2O2S2. The van der Waals surface area contributed by atoms with E-state index in [4.69, 9.17) is 0 Å². The third-order valence-electron chi connectivity index (χ3n) is 2.35. The summed E-state index contributed by atoms with van der Waals surface area (Å²) in [4.78, 5) is 1.10. The molecule has 6 heteroatoms. The van der Waals surface area contributed by atoms with Crippen molar-refractivity contribution in [2.45, 2.75) is 23.6 Å². The van der Waals surface area contributed by atoms with Crippen molar-refractivity contribution in [3.63, 3.8) is 0 Å². The molecule has 0 atom stereocenters. The molecule has 0 spiro atoms. The minimum Gasteiger partial charge on any atom is -0.313 e. The Kier molecular flexibility index (Phi) is 3.11. The fraction of sp³-hybridized carbons (Fsp3) is 0.556. The highest BCUT2D eigenvalue weighted by molar-refractivity contribution is 7.91. The van der Waals surface area contributed by atoms with Gasteiger partial charge in [0.25, 0.3) is 0 Å². The van der Waals surface area contributed by atoms with Gasteiger partial charge in [-0.2, -0.15) is 0 Å². The molecule has 1 aromatic heterocycles. The van der Waals surface area contributed by atoms with Gasteiger partial charge in [0.2, 0.25) is 10.0 Å². The van der Waals surface area contributed by atoms with Crippen molar-refractivity contribution in [3.8, 4) is 0 Å². The summed E-state index contributed by atoms with van der Waals surface area (Å²) >= 11 is 1.35. The lowest BCUT2D eigenvalue weighted by Gasteiger charge is -2.27. The molecular weight excluding hydrogens is 232 g/mol. The molecule has 1 fully saturated rings. The standard InChI is InChI=1S/C9H14N2O2S2/c1-2-8-3-4-9(14-8)15(12,13)11-7-5-10-6-7/h3-4,7,10-11H,2,5-6H2,1H3. The average Bonchev–Trinajstić information content (AvgIpc) is 2.60. The van der Waals surface area contributed by atoms with E-state index in [9.17, 15) is 8.42 Å². The van der Waals surface area contributed by atoms with Gasteiger partial charge >= 0.3 is 0 Å². The zero-order chi connectivity index (χ0) is 10.9. The Balaban J connectivity index is 2.13. The first kappa shape index (κ1) is 11.1. The van der Waals surface area contributed by atoms with Crippen LogP contribution in [0.25, 0.3) is 0 Å². The lowest BCUT2D eigenvalue weighted by Crippen LogP contribution is -2.56. The Morgan fingerprint density at radius 1 is 1.53 bits per heavy atom. The molecule has 1 saturated heterocycles. The molecule has 0 unspecified atom stereocenters. The first-order valence-corrected chi connectivity index (χ1v) is 7.23. The topological polar surface area (TPSA) is 58.2 Å². The van der Waals surface area contributed by atoms with Gasteiger partial charge < -0.3 is 5.32 Å². The van der Waals surface area contributed by atoms with Gasteiger partial charge in [-0.1, -0.05) is 6.92 Å². The molecule has 2 N–H and O–H groups in total. The van der Waals surface area contributed by atoms with E-state index >= 15 is 0 Å². The summed E-state index contributed by atoms with van der Waals surface area (Å²) in [5.41, 5.74) is 0. The van der Waals surface area contributed by atoms with Gasteiger partial charge in [-0.25, -0.2) is 13.1 Å². The van der Waals surface area contributed by atoms with E-state index in [1.54, 1.807) is 6.07 Å². The fourth-order valence-electron chi connectivity index (χ4n) is 1.34. The summed E-state index contributed by atoms with van der Waals surface area (Å²) in [6.45, 7) is 3.47. The molecule has 84 valence electrons. The van der Waals surface area contributed by atoms with Gasteiger partial charge in [0.05, 0.1) is 0 Å². The van der Waals surface area contributed by atoms with E-state index < -0.39 is 10.0 Å². The molecule has 0 radical (unpaired) electrons. The summed E-state index contributed by atoms with van der Waals surface area (Å²) in [6, 6.07) is 3.61. The van der Waals surface area contributed by atoms with E-state index in [1.165, 1.54) is 11.3 Å². The van der Waals surface area contributed by atoms with Crippen LogP contribution >= 0.6 is 11.3 Å². The molecule has 4 nitrogen and oxygen atoms in total. The second-order valence-electron chi connectivity index (χ2n) is 3.55. The molecule has 1 aliphatic heterocycles. The molecule has 1 aliphatic rings. The van der Waals surface area contributed by atoms with Crippen LogP contribution < -0.4 is 10.0 Å². The average molecular weight is 246 g/mol. The number of thiophene rings is 1. The van der Waals surface area contributed by atoms with Gasteiger partial charge in [0.1, 0.15) is 4.21 Å². The van der Waals surface area contributed by atoms with Gasteiger partial charge in [-0.05, 0) is 18.6 Å². The smallest absolute Gasteiger partial charge is 0.250 e. The number of sulfonamides is 1. The predicted molar refractivity (Wildman–Crippen MR) is 60.7 cm³/mol. The fourth-order valence-corrected chi connectivity index (χ4v) is 3.89. The second-order valence-corrected chi connectivity index (χ2v) is 6.66. The van der Waals surface area contributed by atoms with Crippen molar-refractivity contribution in [1.82, 2.24) is 10.0 Å². The molecule has 0 aliphatic carbocycles. The number of nitrogens with one attached hydrogen (secondary N) is 2. The maximum Gasteiger partial charge on any atom is 0.250 e. The Morgan fingerprint density at radius 3 is 2.73 bits per heavy atom. The van der Waals surface area contributed by atoms with Gasteiger partial charge in [0, 0.05) is 24.0 Å². The van der Waals surface area contributed by atoms with E-state index in [-0.39, 0.29) is 6.04 Å². The molecule has 0 aromatic carbocycles. The molecule has 15 heavy (non-hydrogen) atoms. The number of hydrogen-bond donors (Lipinski definition) is 2. The lowest BCUT2D eigenvalue weighted by atomic mass is 10.2. The van der Waals surface area contributed by atoms with Crippen LogP contribution in [0.2, 0.25) is 0 Å². The molecule has 2 rings (SSSR count). The zero-order valence-corrected chi connectivity index (χ0v) is 10.1. The van der Waals surface area contributed by atoms with Crippen LogP contribution in [0.1, 0.15) is 11.8 Å². The highest BCUT2D eigenvalue weighted by Crippen LogP contribution is 2.22. The molecule has 0 bridgehead atoms. The lowest BCUT2D eigenvalue weighted by molar-refractivity contribution is 0.410. The summed E-state index contributed by atoms with van der Waals surface area (Å²) in [5, 5.41) is 3.03. The third kappa shape index (κ3) is 2.39. The SMILES string of the molecule is CCc1ccc(S(=O)(=O)NC2CNC2)s1. The Bertz CT molecular complexity index is 435. The number of rotatable bonds is 4. The molecule has 1 aromatic rings. The Hall–Kier alpha value is -0.430. The summed E-state index contributed by atoms with van der Waals surface area (Å²) in [6.07, 6.45) is 0.880. The van der Waals surface area contributed by atoms with Gasteiger partial charge in [-0.3, -0.25) is 0 Å². The number of hydrogen-bond acceptors (Lipinski definition) is 4. The van der Waals surface area contributed by atoms with Crippen molar-refractivity contribution in [2.24, 2.45) is 0 Å². The van der Waals surface area contributed by atoms with Crippen molar-refractivity contribution >= 4 is 21.4 Å². The van der Waals surface area contributed by atoms with Crippen LogP contribution in [0.3, 0.4) is 0 Å². The maximum atomic E-state index is 11.8. The Morgan fingerprint density at radius 2 is 2.27 bits per heavy atom. The van der Waals surface area contributed by atoms with Crippen molar-refractivity contribution in [1.29, 1.82) is 0 Å². The monoisotopic (exact) mass is 246 g/mol. The van der Waals surface area contributed by atoms with Crippen LogP contribution in [0.4, 0.5) is 0 Å². The molecule has 2 heterocycles. The predicted octanol–water partition coefficient (Wildman–Crippen LogP) is 0.561. The van der Waals surface area contributed by atoms with Gasteiger partial charge in [-0.15, -0.1) is 11.3 Å². The maximum absolute atomic E-state index is 11.8. The zero-order valence-electron chi connectivity index (χ0n) is 8.49. The van der Waals surface area contributed by atoms with Crippen LogP contribution in [0, 0.1) is 0 Å². The van der Waals surface area contributed by atoms with Gasteiger partial charge in [0.15, 0.2) is 0 Å². The highest BCUT2D eigenvalue weighted by Gasteiger charge is 2.25. The summed E-state index contributed by atoms with van der Waals surface area (Å²) in [5.74, 6) is 0. The highest BCUT2D eigenvalue weighted by atomic mass is 32.2. The quantitative estimate of drug-likeness (QED) is 0.816. The van der Waals surface area contributed by atoms with Crippen LogP contribution in [0.5, 0.6) is 0 Å². The normalized spacial score (nSPS) is 17.7. The minimum absolute atomic E-state index is 0.0576. The van der Waals surface area contributed by atoms with Crippen LogP contribution in [-0.4, -0.2) is 27.5 Å². The van der Waals surface area contributed by atoms with Crippen LogP contribution in [0.15, 0.2) is 16.3 Å². The summed E-state index contributed by atoms with van der Waals surface area (Å²) < 4.78 is 26.8. The third-order valence-corrected chi connectivity index (χ3v) is 5.60. The Labute approximate surface area is 93.8 Å². The molecule has 0 amide bonds. The summed E-state index contributed by atoms with van der Waals surface area (Å²) in [7, 11) is -3.28. The first-order chi connectivity index (χ1) is 7.12. The van der Waals surface area contributed by atoms with Crippen molar-refractivity contribution < 1.29 is 8.42 Å². The van der Waals surface area contributed by atoms with Crippen molar-refractivity contribution in [3.05, 3.63) is 17.0 Å². The van der Waals surface area contributed by atoms with Crippen molar-refractivity contribution in [2.75, 3.05) is 13.1 Å². The second kappa shape index (κ2) is 4.21. The minimum atomic E-state index is -3.28. The van der Waals surface area contributed by atoms with E-state index in [0.29, 0.717) is 4.21 Å². The van der Waals surface area contributed by atoms with Crippen LogP contribution in [-0.2, 0) is 16.4 Å². The van der Waals surface area contributed by atoms with E-state index in [0.717, 1.165) is 24.4 Å². The van der Waals surface area contributed by atoms with E-state index in [1.807, 2.05) is 13.0 Å². The largest absolute Gasteiger partial charge is 0.313 e. The first-order valence-electron chi connectivity index (χ1n) is 4.93. The van der Waals surface area contributed by atoms with E-state index in [2.05, 4.69) is 10.0 Å². The number of aryl methyl sites for hydroxylation is 1. The molecule has 0 saturated carbocycles.